The van der Waals surface area contributed by atoms with Crippen molar-refractivity contribution in [1.29, 1.82) is 0 Å². The van der Waals surface area contributed by atoms with Crippen LogP contribution in [-0.2, 0) is 25.6 Å². The minimum atomic E-state index is -4.61. The van der Waals surface area contributed by atoms with Crippen molar-refractivity contribution in [2.45, 2.75) is 32.0 Å². The van der Waals surface area contributed by atoms with Gasteiger partial charge >= 0.3 is 6.18 Å². The number of alkyl halides is 3. The predicted molar refractivity (Wildman–Crippen MR) is 75.7 cm³/mol. The molecule has 0 amide bonds. The number of anilines is 1. The van der Waals surface area contributed by atoms with Crippen LogP contribution in [0.15, 0.2) is 12.1 Å². The summed E-state index contributed by atoms with van der Waals surface area (Å²) >= 11 is 7.30. The Morgan fingerprint density at radius 3 is 2.76 bits per heavy atom. The molecule has 2 aromatic rings. The summed E-state index contributed by atoms with van der Waals surface area (Å²) in [4.78, 5) is 9.11. The first-order valence-corrected chi connectivity index (χ1v) is 7.57. The molecule has 0 unspecified atom stereocenters. The Kier molecular flexibility index (Phi) is 3.79. The highest BCUT2D eigenvalue weighted by molar-refractivity contribution is 7.12. The summed E-state index contributed by atoms with van der Waals surface area (Å²) in [6.07, 6.45) is -1.24. The minimum absolute atomic E-state index is 0.0795. The van der Waals surface area contributed by atoms with E-state index in [1.807, 2.05) is 0 Å². The highest BCUT2D eigenvalue weighted by Gasteiger charge is 2.35. The Balaban J connectivity index is 1.74. The molecule has 2 aromatic heterocycles. The largest absolute Gasteiger partial charge is 0.451 e. The zero-order valence-electron chi connectivity index (χ0n) is 10.8. The summed E-state index contributed by atoms with van der Waals surface area (Å²) in [5.41, 5.74) is 1.36. The summed E-state index contributed by atoms with van der Waals surface area (Å²) in [7, 11) is 0. The molecule has 21 heavy (non-hydrogen) atoms. The first-order chi connectivity index (χ1) is 9.91. The summed E-state index contributed by atoms with van der Waals surface area (Å²) < 4.78 is 37.8. The van der Waals surface area contributed by atoms with Crippen LogP contribution < -0.4 is 5.32 Å². The average Bonchev–Trinajstić information content (AvgIpc) is 2.95. The molecular formula is C13H11ClF3N3S. The summed E-state index contributed by atoms with van der Waals surface area (Å²) in [5.74, 6) is -1.15. The standard InChI is InChI=1S/C13H11ClF3N3S/c14-10-5-11(20-12(19-10)13(15,16)17)18-6-8-4-7-2-1-3-9(7)21-8/h4-5H,1-3,6H2,(H,18,19,20). The van der Waals surface area contributed by atoms with Crippen LogP contribution in [0, 0.1) is 0 Å². The van der Waals surface area contributed by atoms with Crippen LogP contribution in [0.25, 0.3) is 0 Å². The minimum Gasteiger partial charge on any atom is -0.365 e. The number of rotatable bonds is 3. The topological polar surface area (TPSA) is 37.8 Å². The third-order valence-electron chi connectivity index (χ3n) is 3.19. The van der Waals surface area contributed by atoms with Gasteiger partial charge in [0.15, 0.2) is 0 Å². The monoisotopic (exact) mass is 333 g/mol. The number of hydrogen-bond acceptors (Lipinski definition) is 4. The molecule has 0 aromatic carbocycles. The molecule has 8 heteroatoms. The third-order valence-corrected chi connectivity index (χ3v) is 4.62. The summed E-state index contributed by atoms with van der Waals surface area (Å²) in [6, 6.07) is 3.39. The maximum atomic E-state index is 12.6. The SMILES string of the molecule is FC(F)(F)c1nc(Cl)cc(NCc2cc3c(s2)CCC3)n1. The van der Waals surface area contributed by atoms with Crippen LogP contribution in [-0.4, -0.2) is 9.97 Å². The molecule has 112 valence electrons. The number of aryl methyl sites for hydroxylation is 2. The van der Waals surface area contributed by atoms with E-state index in [1.54, 1.807) is 11.3 Å². The van der Waals surface area contributed by atoms with Crippen molar-refractivity contribution in [3.63, 3.8) is 0 Å². The summed E-state index contributed by atoms with van der Waals surface area (Å²) in [5, 5.41) is 2.65. The number of halogens is 4. The van der Waals surface area contributed by atoms with E-state index in [4.69, 9.17) is 11.6 Å². The van der Waals surface area contributed by atoms with E-state index in [0.717, 1.165) is 17.7 Å². The smallest absolute Gasteiger partial charge is 0.365 e. The Morgan fingerprint density at radius 2 is 2.05 bits per heavy atom. The van der Waals surface area contributed by atoms with Crippen molar-refractivity contribution in [2.24, 2.45) is 0 Å². The van der Waals surface area contributed by atoms with E-state index < -0.39 is 12.0 Å². The van der Waals surface area contributed by atoms with Gasteiger partial charge in [-0.15, -0.1) is 11.3 Å². The molecule has 0 spiro atoms. The van der Waals surface area contributed by atoms with Crippen molar-refractivity contribution >= 4 is 28.8 Å². The number of fused-ring (bicyclic) bond motifs is 1. The molecule has 1 N–H and O–H groups in total. The van der Waals surface area contributed by atoms with Crippen molar-refractivity contribution < 1.29 is 13.2 Å². The molecule has 0 radical (unpaired) electrons. The second-order valence-corrected chi connectivity index (χ2v) is 6.37. The lowest BCUT2D eigenvalue weighted by Gasteiger charge is -2.09. The lowest BCUT2D eigenvalue weighted by atomic mass is 10.2. The van der Waals surface area contributed by atoms with Crippen LogP contribution in [0.1, 0.15) is 27.6 Å². The van der Waals surface area contributed by atoms with Crippen molar-refractivity contribution in [1.82, 2.24) is 9.97 Å². The van der Waals surface area contributed by atoms with E-state index in [0.29, 0.717) is 6.54 Å². The second-order valence-electron chi connectivity index (χ2n) is 4.77. The molecular weight excluding hydrogens is 323 g/mol. The number of nitrogens with zero attached hydrogens (tertiary/aromatic N) is 2. The fourth-order valence-corrected chi connectivity index (χ4v) is 3.67. The van der Waals surface area contributed by atoms with Crippen molar-refractivity contribution in [2.75, 3.05) is 5.32 Å². The van der Waals surface area contributed by atoms with E-state index >= 15 is 0 Å². The molecule has 1 aliphatic carbocycles. The Hall–Kier alpha value is -1.34. The van der Waals surface area contributed by atoms with Crippen molar-refractivity contribution in [3.05, 3.63) is 38.4 Å². The number of nitrogens with one attached hydrogen (secondary N) is 1. The molecule has 0 fully saturated rings. The normalized spacial score (nSPS) is 14.3. The van der Waals surface area contributed by atoms with Crippen LogP contribution >= 0.6 is 22.9 Å². The Morgan fingerprint density at radius 1 is 1.24 bits per heavy atom. The van der Waals surface area contributed by atoms with Gasteiger partial charge in [0.2, 0.25) is 5.82 Å². The zero-order valence-corrected chi connectivity index (χ0v) is 12.4. The third kappa shape index (κ3) is 3.29. The average molecular weight is 334 g/mol. The number of hydrogen-bond donors (Lipinski definition) is 1. The van der Waals surface area contributed by atoms with E-state index in [1.165, 1.54) is 22.9 Å². The fourth-order valence-electron chi connectivity index (χ4n) is 2.29. The van der Waals surface area contributed by atoms with Gasteiger partial charge in [-0.2, -0.15) is 13.2 Å². The first kappa shape index (κ1) is 14.6. The van der Waals surface area contributed by atoms with Gasteiger partial charge in [-0.1, -0.05) is 11.6 Å². The van der Waals surface area contributed by atoms with Gasteiger partial charge in [-0.25, -0.2) is 9.97 Å². The molecule has 0 bridgehead atoms. The van der Waals surface area contributed by atoms with Crippen molar-refractivity contribution in [3.8, 4) is 0 Å². The zero-order chi connectivity index (χ0) is 15.0. The molecule has 2 heterocycles. The number of thiophene rings is 1. The molecule has 0 saturated heterocycles. The Bertz CT molecular complexity index is 648. The molecule has 3 nitrogen and oxygen atoms in total. The van der Waals surface area contributed by atoms with Crippen LogP contribution in [0.5, 0.6) is 0 Å². The fraction of sp³-hybridized carbons (Fsp3) is 0.385. The van der Waals surface area contributed by atoms with Gasteiger partial charge in [0.1, 0.15) is 11.0 Å². The number of aromatic nitrogens is 2. The maximum Gasteiger partial charge on any atom is 0.451 e. The van der Waals surface area contributed by atoms with E-state index in [2.05, 4.69) is 21.4 Å². The Labute approximate surface area is 128 Å². The molecule has 0 atom stereocenters. The van der Waals surface area contributed by atoms with Gasteiger partial charge in [-0.05, 0) is 30.9 Å². The van der Waals surface area contributed by atoms with Gasteiger partial charge in [0, 0.05) is 15.8 Å². The highest BCUT2D eigenvalue weighted by atomic mass is 35.5. The van der Waals surface area contributed by atoms with Crippen LogP contribution in [0.2, 0.25) is 5.15 Å². The molecule has 0 aliphatic heterocycles. The predicted octanol–water partition coefficient (Wildman–Crippen LogP) is 4.31. The lowest BCUT2D eigenvalue weighted by Crippen LogP contribution is -2.13. The van der Waals surface area contributed by atoms with Crippen LogP contribution in [0.3, 0.4) is 0 Å². The van der Waals surface area contributed by atoms with Gasteiger partial charge in [-0.3, -0.25) is 0 Å². The molecule has 1 aliphatic rings. The maximum absolute atomic E-state index is 12.6. The lowest BCUT2D eigenvalue weighted by molar-refractivity contribution is -0.144. The second kappa shape index (κ2) is 5.46. The van der Waals surface area contributed by atoms with E-state index in [-0.39, 0.29) is 11.0 Å². The van der Waals surface area contributed by atoms with Crippen LogP contribution in [0.4, 0.5) is 19.0 Å². The highest BCUT2D eigenvalue weighted by Crippen LogP contribution is 2.31. The van der Waals surface area contributed by atoms with Gasteiger partial charge < -0.3 is 5.32 Å². The molecule has 3 rings (SSSR count). The molecule has 0 saturated carbocycles. The van der Waals surface area contributed by atoms with Gasteiger partial charge in [0.25, 0.3) is 0 Å². The van der Waals surface area contributed by atoms with Gasteiger partial charge in [0.05, 0.1) is 6.54 Å². The first-order valence-electron chi connectivity index (χ1n) is 6.38. The summed E-state index contributed by atoms with van der Waals surface area (Å²) in [6.45, 7) is 0.433. The quantitative estimate of drug-likeness (QED) is 0.850. The van der Waals surface area contributed by atoms with E-state index in [9.17, 15) is 13.2 Å².